The monoisotopic (exact) mass is 291 g/mol. The fourth-order valence-electron chi connectivity index (χ4n) is 2.10. The molecule has 1 aliphatic heterocycles. The quantitative estimate of drug-likeness (QED) is 0.936. The summed E-state index contributed by atoms with van der Waals surface area (Å²) in [7, 11) is 0. The van der Waals surface area contributed by atoms with E-state index < -0.39 is 0 Å². The first kappa shape index (κ1) is 12.9. The van der Waals surface area contributed by atoms with Crippen molar-refractivity contribution >= 4 is 23.5 Å². The van der Waals surface area contributed by atoms with Crippen LogP contribution in [0.5, 0.6) is 11.8 Å². The van der Waals surface area contributed by atoms with E-state index in [-0.39, 0.29) is 12.0 Å². The predicted octanol–water partition coefficient (Wildman–Crippen LogP) is 2.50. The van der Waals surface area contributed by atoms with Gasteiger partial charge in [-0.15, -0.1) is 0 Å². The van der Waals surface area contributed by atoms with Gasteiger partial charge in [0.2, 0.25) is 11.9 Å². The summed E-state index contributed by atoms with van der Waals surface area (Å²) in [5.41, 5.74) is 5.72. The van der Waals surface area contributed by atoms with E-state index in [0.29, 0.717) is 16.7 Å². The number of nitrogens with zero attached hydrogens (tertiary/aromatic N) is 4. The van der Waals surface area contributed by atoms with Crippen LogP contribution in [0.1, 0.15) is 12.8 Å². The zero-order chi connectivity index (χ0) is 13.9. The first-order valence-corrected chi connectivity index (χ1v) is 6.78. The van der Waals surface area contributed by atoms with E-state index in [9.17, 15) is 0 Å². The van der Waals surface area contributed by atoms with E-state index in [1.165, 1.54) is 0 Å². The Balaban J connectivity index is 1.85. The summed E-state index contributed by atoms with van der Waals surface area (Å²) in [6.45, 7) is 1.86. The van der Waals surface area contributed by atoms with Crippen LogP contribution in [0.15, 0.2) is 24.3 Å². The van der Waals surface area contributed by atoms with Gasteiger partial charge in [-0.1, -0.05) is 17.7 Å². The van der Waals surface area contributed by atoms with Gasteiger partial charge < -0.3 is 15.4 Å². The first-order chi connectivity index (χ1) is 9.70. The van der Waals surface area contributed by atoms with Gasteiger partial charge in [0.15, 0.2) is 0 Å². The maximum Gasteiger partial charge on any atom is 0.328 e. The van der Waals surface area contributed by atoms with Crippen molar-refractivity contribution in [3.8, 4) is 11.8 Å². The van der Waals surface area contributed by atoms with Crippen LogP contribution < -0.4 is 15.4 Å². The maximum atomic E-state index is 5.91. The van der Waals surface area contributed by atoms with Gasteiger partial charge >= 0.3 is 6.01 Å². The molecule has 0 spiro atoms. The second-order valence-corrected chi connectivity index (χ2v) is 4.97. The molecule has 0 saturated carbocycles. The number of nitrogens with two attached hydrogens (primary N) is 1. The van der Waals surface area contributed by atoms with E-state index in [0.717, 1.165) is 25.9 Å². The Morgan fingerprint density at radius 1 is 1.15 bits per heavy atom. The molecule has 0 bridgehead atoms. The summed E-state index contributed by atoms with van der Waals surface area (Å²) in [6.07, 6.45) is 2.27. The largest absolute Gasteiger partial charge is 0.424 e. The molecule has 7 heteroatoms. The normalized spacial score (nSPS) is 14.6. The summed E-state index contributed by atoms with van der Waals surface area (Å²) in [6, 6.07) is 7.22. The summed E-state index contributed by atoms with van der Waals surface area (Å²) < 4.78 is 5.59. The standard InChI is InChI=1S/C13H14ClN5O/c14-9-4-3-5-10(8-9)20-13-17-11(15)16-12(18-13)19-6-1-2-7-19/h3-5,8H,1-2,6-7H2,(H2,15,16,17,18). The molecular formula is C13H14ClN5O. The van der Waals surface area contributed by atoms with Crippen LogP contribution in [0.4, 0.5) is 11.9 Å². The summed E-state index contributed by atoms with van der Waals surface area (Å²) in [4.78, 5) is 14.5. The zero-order valence-electron chi connectivity index (χ0n) is 10.8. The lowest BCUT2D eigenvalue weighted by atomic mass is 10.3. The summed E-state index contributed by atoms with van der Waals surface area (Å²) in [5, 5.41) is 0.587. The van der Waals surface area contributed by atoms with E-state index in [4.69, 9.17) is 22.1 Å². The molecule has 0 radical (unpaired) electrons. The van der Waals surface area contributed by atoms with Crippen molar-refractivity contribution < 1.29 is 4.74 Å². The second kappa shape index (κ2) is 5.50. The Hall–Kier alpha value is -2.08. The van der Waals surface area contributed by atoms with Crippen LogP contribution >= 0.6 is 11.6 Å². The highest BCUT2D eigenvalue weighted by molar-refractivity contribution is 6.30. The maximum absolute atomic E-state index is 5.91. The third-order valence-corrected chi connectivity index (χ3v) is 3.25. The van der Waals surface area contributed by atoms with Gasteiger partial charge in [0, 0.05) is 18.1 Å². The molecule has 0 amide bonds. The molecule has 1 saturated heterocycles. The van der Waals surface area contributed by atoms with Gasteiger partial charge in [-0.25, -0.2) is 0 Å². The van der Waals surface area contributed by atoms with Crippen molar-refractivity contribution in [1.82, 2.24) is 15.0 Å². The van der Waals surface area contributed by atoms with E-state index in [1.807, 2.05) is 0 Å². The molecule has 2 N–H and O–H groups in total. The van der Waals surface area contributed by atoms with Gasteiger partial charge in [-0.05, 0) is 31.0 Å². The van der Waals surface area contributed by atoms with Crippen molar-refractivity contribution in [2.45, 2.75) is 12.8 Å². The molecule has 0 aliphatic carbocycles. The Morgan fingerprint density at radius 3 is 2.70 bits per heavy atom. The average Bonchev–Trinajstić information content (AvgIpc) is 2.91. The minimum atomic E-state index is 0.152. The van der Waals surface area contributed by atoms with Crippen LogP contribution in [-0.4, -0.2) is 28.0 Å². The number of anilines is 2. The number of hydrogen-bond acceptors (Lipinski definition) is 6. The lowest BCUT2D eigenvalue weighted by Crippen LogP contribution is -2.21. The number of aromatic nitrogens is 3. The summed E-state index contributed by atoms with van der Waals surface area (Å²) in [5.74, 6) is 1.28. The van der Waals surface area contributed by atoms with Crippen molar-refractivity contribution in [1.29, 1.82) is 0 Å². The minimum absolute atomic E-state index is 0.152. The Morgan fingerprint density at radius 2 is 1.95 bits per heavy atom. The van der Waals surface area contributed by atoms with Crippen LogP contribution in [0.25, 0.3) is 0 Å². The highest BCUT2D eigenvalue weighted by Gasteiger charge is 2.17. The lowest BCUT2D eigenvalue weighted by molar-refractivity contribution is 0.440. The molecule has 2 aromatic rings. The third kappa shape index (κ3) is 2.91. The van der Waals surface area contributed by atoms with Gasteiger partial charge in [0.1, 0.15) is 5.75 Å². The zero-order valence-corrected chi connectivity index (χ0v) is 11.5. The molecule has 20 heavy (non-hydrogen) atoms. The van der Waals surface area contributed by atoms with E-state index >= 15 is 0 Å². The van der Waals surface area contributed by atoms with Gasteiger partial charge in [0.05, 0.1) is 0 Å². The van der Waals surface area contributed by atoms with Crippen LogP contribution in [0.3, 0.4) is 0 Å². The number of benzene rings is 1. The Labute approximate surface area is 121 Å². The van der Waals surface area contributed by atoms with Crippen LogP contribution in [0.2, 0.25) is 5.02 Å². The molecule has 1 aromatic carbocycles. The predicted molar refractivity (Wildman–Crippen MR) is 77.2 cm³/mol. The third-order valence-electron chi connectivity index (χ3n) is 3.01. The smallest absolute Gasteiger partial charge is 0.328 e. The number of rotatable bonds is 3. The minimum Gasteiger partial charge on any atom is -0.424 e. The Kier molecular flexibility index (Phi) is 3.56. The SMILES string of the molecule is Nc1nc(Oc2cccc(Cl)c2)nc(N2CCCC2)n1. The fourth-order valence-corrected chi connectivity index (χ4v) is 2.28. The second-order valence-electron chi connectivity index (χ2n) is 4.53. The molecule has 104 valence electrons. The molecule has 2 heterocycles. The van der Waals surface area contributed by atoms with Gasteiger partial charge in [0.25, 0.3) is 0 Å². The first-order valence-electron chi connectivity index (χ1n) is 6.40. The van der Waals surface area contributed by atoms with Crippen molar-refractivity contribution in [2.24, 2.45) is 0 Å². The molecule has 3 rings (SSSR count). The van der Waals surface area contributed by atoms with Crippen LogP contribution in [0, 0.1) is 0 Å². The average molecular weight is 292 g/mol. The van der Waals surface area contributed by atoms with Crippen molar-refractivity contribution in [3.05, 3.63) is 29.3 Å². The molecule has 1 aromatic heterocycles. The van der Waals surface area contributed by atoms with Crippen molar-refractivity contribution in [3.63, 3.8) is 0 Å². The number of halogens is 1. The van der Waals surface area contributed by atoms with E-state index in [1.54, 1.807) is 24.3 Å². The fraction of sp³-hybridized carbons (Fsp3) is 0.308. The molecule has 0 atom stereocenters. The molecule has 6 nitrogen and oxygen atoms in total. The Bertz CT molecular complexity index is 615. The summed E-state index contributed by atoms with van der Waals surface area (Å²) >= 11 is 5.91. The van der Waals surface area contributed by atoms with Crippen LogP contribution in [-0.2, 0) is 0 Å². The molecular weight excluding hydrogens is 278 g/mol. The number of nitrogen functional groups attached to an aromatic ring is 1. The highest BCUT2D eigenvalue weighted by Crippen LogP contribution is 2.24. The molecule has 0 unspecified atom stereocenters. The number of ether oxygens (including phenoxy) is 1. The highest BCUT2D eigenvalue weighted by atomic mass is 35.5. The molecule has 1 aliphatic rings. The lowest BCUT2D eigenvalue weighted by Gasteiger charge is -2.15. The van der Waals surface area contributed by atoms with Gasteiger partial charge in [-0.3, -0.25) is 0 Å². The molecule has 1 fully saturated rings. The van der Waals surface area contributed by atoms with Crippen molar-refractivity contribution in [2.75, 3.05) is 23.7 Å². The van der Waals surface area contributed by atoms with Gasteiger partial charge in [-0.2, -0.15) is 15.0 Å². The van der Waals surface area contributed by atoms with E-state index in [2.05, 4.69) is 19.9 Å². The number of hydrogen-bond donors (Lipinski definition) is 1. The topological polar surface area (TPSA) is 77.2 Å².